The van der Waals surface area contributed by atoms with Crippen LogP contribution in [0, 0.1) is 0 Å². The molecule has 1 aromatic carbocycles. The molecule has 0 N–H and O–H groups in total. The van der Waals surface area contributed by atoms with E-state index in [1.165, 1.54) is 0 Å². The van der Waals surface area contributed by atoms with Gasteiger partial charge in [0, 0.05) is 22.7 Å². The summed E-state index contributed by atoms with van der Waals surface area (Å²) in [5.41, 5.74) is 1.36. The lowest BCUT2D eigenvalue weighted by Gasteiger charge is -2.08. The third-order valence-corrected chi connectivity index (χ3v) is 4.05. The minimum atomic E-state index is 0.313. The van der Waals surface area contributed by atoms with E-state index >= 15 is 0 Å². The lowest BCUT2D eigenvalue weighted by atomic mass is 10.2. The lowest BCUT2D eigenvalue weighted by Crippen LogP contribution is -2.00. The van der Waals surface area contributed by atoms with Gasteiger partial charge in [0.2, 0.25) is 0 Å². The standard InChI is InChI=1S/C12H8BrCl3N2O/c1-19-5-9-10(13)11(16)18-12(17-9)6-2-7(14)4-8(15)3-6/h2-4H,5H2,1H3. The molecule has 0 bridgehead atoms. The Morgan fingerprint density at radius 3 is 2.32 bits per heavy atom. The van der Waals surface area contributed by atoms with Crippen LogP contribution in [0.25, 0.3) is 11.4 Å². The highest BCUT2D eigenvalue weighted by molar-refractivity contribution is 9.10. The molecule has 0 fully saturated rings. The van der Waals surface area contributed by atoms with Crippen LogP contribution in [0.1, 0.15) is 5.69 Å². The van der Waals surface area contributed by atoms with Gasteiger partial charge in [0.25, 0.3) is 0 Å². The Morgan fingerprint density at radius 1 is 1.11 bits per heavy atom. The van der Waals surface area contributed by atoms with Gasteiger partial charge >= 0.3 is 0 Å². The molecule has 7 heteroatoms. The topological polar surface area (TPSA) is 35.0 Å². The molecule has 0 aliphatic rings. The molecule has 100 valence electrons. The van der Waals surface area contributed by atoms with E-state index in [0.717, 1.165) is 0 Å². The number of aromatic nitrogens is 2. The van der Waals surface area contributed by atoms with E-state index in [2.05, 4.69) is 25.9 Å². The highest BCUT2D eigenvalue weighted by atomic mass is 79.9. The molecule has 0 saturated carbocycles. The molecule has 0 saturated heterocycles. The van der Waals surface area contributed by atoms with Crippen LogP contribution in [0.3, 0.4) is 0 Å². The first-order valence-electron chi connectivity index (χ1n) is 5.18. The van der Waals surface area contributed by atoms with E-state index in [1.54, 1.807) is 25.3 Å². The summed E-state index contributed by atoms with van der Waals surface area (Å²) < 4.78 is 5.69. The van der Waals surface area contributed by atoms with Gasteiger partial charge in [-0.05, 0) is 34.1 Å². The van der Waals surface area contributed by atoms with Gasteiger partial charge in [-0.2, -0.15) is 0 Å². The first-order valence-corrected chi connectivity index (χ1v) is 7.11. The molecule has 0 aliphatic carbocycles. The van der Waals surface area contributed by atoms with Crippen LogP contribution in [-0.4, -0.2) is 17.1 Å². The minimum Gasteiger partial charge on any atom is -0.378 e. The largest absolute Gasteiger partial charge is 0.378 e. The van der Waals surface area contributed by atoms with Gasteiger partial charge in [-0.3, -0.25) is 0 Å². The fourth-order valence-electron chi connectivity index (χ4n) is 1.51. The number of rotatable bonds is 3. The van der Waals surface area contributed by atoms with Crippen LogP contribution in [0.15, 0.2) is 22.7 Å². The second kappa shape index (κ2) is 6.37. The maximum Gasteiger partial charge on any atom is 0.161 e. The third-order valence-electron chi connectivity index (χ3n) is 2.28. The van der Waals surface area contributed by atoms with Crippen LogP contribution in [0.2, 0.25) is 15.2 Å². The minimum absolute atomic E-state index is 0.313. The predicted octanol–water partition coefficient (Wildman–Crippen LogP) is 5.01. The molecule has 0 spiro atoms. The monoisotopic (exact) mass is 380 g/mol. The quantitative estimate of drug-likeness (QED) is 0.700. The lowest BCUT2D eigenvalue weighted by molar-refractivity contribution is 0.181. The van der Waals surface area contributed by atoms with Crippen molar-refractivity contribution in [2.24, 2.45) is 0 Å². The maximum absolute atomic E-state index is 6.06. The summed E-state index contributed by atoms with van der Waals surface area (Å²) >= 11 is 21.3. The van der Waals surface area contributed by atoms with E-state index in [4.69, 9.17) is 39.5 Å². The Morgan fingerprint density at radius 2 is 1.74 bits per heavy atom. The van der Waals surface area contributed by atoms with Crippen molar-refractivity contribution in [1.82, 2.24) is 9.97 Å². The summed E-state index contributed by atoms with van der Waals surface area (Å²) in [6.45, 7) is 0.324. The van der Waals surface area contributed by atoms with E-state index in [9.17, 15) is 0 Å². The highest BCUT2D eigenvalue weighted by Gasteiger charge is 2.13. The van der Waals surface area contributed by atoms with Crippen molar-refractivity contribution in [2.75, 3.05) is 7.11 Å². The van der Waals surface area contributed by atoms with Gasteiger partial charge in [-0.1, -0.05) is 34.8 Å². The molecule has 0 atom stereocenters. The Bertz CT molecular complexity index is 602. The van der Waals surface area contributed by atoms with Crippen molar-refractivity contribution in [3.05, 3.63) is 43.6 Å². The van der Waals surface area contributed by atoms with Crippen molar-refractivity contribution in [2.45, 2.75) is 6.61 Å². The summed E-state index contributed by atoms with van der Waals surface area (Å²) in [5.74, 6) is 0.449. The molecular weight excluding hydrogens is 374 g/mol. The maximum atomic E-state index is 6.06. The van der Waals surface area contributed by atoms with E-state index in [0.29, 0.717) is 43.4 Å². The van der Waals surface area contributed by atoms with Gasteiger partial charge in [0.15, 0.2) is 5.82 Å². The number of halogens is 4. The van der Waals surface area contributed by atoms with E-state index in [-0.39, 0.29) is 0 Å². The number of ether oxygens (including phenoxy) is 1. The normalized spacial score (nSPS) is 10.8. The molecule has 1 heterocycles. The molecule has 0 radical (unpaired) electrons. The first-order chi connectivity index (χ1) is 9.01. The third kappa shape index (κ3) is 3.58. The summed E-state index contributed by atoms with van der Waals surface area (Å²) in [6.07, 6.45) is 0. The van der Waals surface area contributed by atoms with Gasteiger partial charge < -0.3 is 4.74 Å². The molecule has 2 rings (SSSR count). The molecule has 0 aliphatic heterocycles. The Kier molecular flexibility index (Phi) is 5.03. The van der Waals surface area contributed by atoms with E-state index in [1.807, 2.05) is 0 Å². The zero-order chi connectivity index (χ0) is 14.0. The van der Waals surface area contributed by atoms with E-state index < -0.39 is 0 Å². The number of methoxy groups -OCH3 is 1. The summed E-state index contributed by atoms with van der Waals surface area (Å²) in [7, 11) is 1.58. The number of hydrogen-bond acceptors (Lipinski definition) is 3. The molecule has 0 amide bonds. The molecule has 1 aromatic heterocycles. The van der Waals surface area contributed by atoms with Gasteiger partial charge in [0.05, 0.1) is 16.8 Å². The van der Waals surface area contributed by atoms with Crippen molar-refractivity contribution in [3.8, 4) is 11.4 Å². The average Bonchev–Trinajstić information content (AvgIpc) is 2.33. The van der Waals surface area contributed by atoms with Crippen molar-refractivity contribution < 1.29 is 4.74 Å². The second-order valence-corrected chi connectivity index (χ2v) is 5.71. The average molecular weight is 382 g/mol. The fourth-order valence-corrected chi connectivity index (χ4v) is 2.51. The van der Waals surface area contributed by atoms with Gasteiger partial charge in [0.1, 0.15) is 5.15 Å². The first kappa shape index (κ1) is 15.0. The molecular formula is C12H8BrCl3N2O. The van der Waals surface area contributed by atoms with Crippen LogP contribution in [0.5, 0.6) is 0 Å². The number of benzene rings is 1. The SMILES string of the molecule is COCc1nc(-c2cc(Cl)cc(Cl)c2)nc(Cl)c1Br. The molecule has 19 heavy (non-hydrogen) atoms. The van der Waals surface area contributed by atoms with Gasteiger partial charge in [-0.15, -0.1) is 0 Å². The summed E-state index contributed by atoms with van der Waals surface area (Å²) in [4.78, 5) is 8.59. The summed E-state index contributed by atoms with van der Waals surface area (Å²) in [5, 5.41) is 1.34. The van der Waals surface area contributed by atoms with Crippen LogP contribution < -0.4 is 0 Å². The fraction of sp³-hybridized carbons (Fsp3) is 0.167. The van der Waals surface area contributed by atoms with Gasteiger partial charge in [-0.25, -0.2) is 9.97 Å². The van der Waals surface area contributed by atoms with Crippen LogP contribution >= 0.6 is 50.7 Å². The smallest absolute Gasteiger partial charge is 0.161 e. The predicted molar refractivity (Wildman–Crippen MR) is 80.9 cm³/mol. The zero-order valence-electron chi connectivity index (χ0n) is 9.75. The van der Waals surface area contributed by atoms with Crippen LogP contribution in [-0.2, 0) is 11.3 Å². The molecule has 3 nitrogen and oxygen atoms in total. The Balaban J connectivity index is 2.55. The Hall–Kier alpha value is -0.390. The van der Waals surface area contributed by atoms with Crippen molar-refractivity contribution in [1.29, 1.82) is 0 Å². The molecule has 2 aromatic rings. The molecule has 0 unspecified atom stereocenters. The number of nitrogens with zero attached hydrogens (tertiary/aromatic N) is 2. The zero-order valence-corrected chi connectivity index (χ0v) is 13.6. The summed E-state index contributed by atoms with van der Waals surface area (Å²) in [6, 6.07) is 5.09. The second-order valence-electron chi connectivity index (χ2n) is 3.69. The number of hydrogen-bond donors (Lipinski definition) is 0. The van der Waals surface area contributed by atoms with Crippen LogP contribution in [0.4, 0.5) is 0 Å². The Labute approximate surface area is 134 Å². The van der Waals surface area contributed by atoms with Crippen molar-refractivity contribution >= 4 is 50.7 Å². The highest BCUT2D eigenvalue weighted by Crippen LogP contribution is 2.30. The van der Waals surface area contributed by atoms with Crippen molar-refractivity contribution in [3.63, 3.8) is 0 Å².